The summed E-state index contributed by atoms with van der Waals surface area (Å²) in [7, 11) is 0. The van der Waals surface area contributed by atoms with E-state index in [2.05, 4.69) is 34.7 Å². The molecule has 1 atom stereocenters. The highest BCUT2D eigenvalue weighted by Gasteiger charge is 2.30. The van der Waals surface area contributed by atoms with Gasteiger partial charge in [-0.1, -0.05) is 36.2 Å². The molecule has 2 aliphatic rings. The quantitative estimate of drug-likeness (QED) is 0.694. The highest BCUT2D eigenvalue weighted by molar-refractivity contribution is 9.09. The molecule has 2 heteroatoms. The van der Waals surface area contributed by atoms with Crippen molar-refractivity contribution in [2.45, 2.75) is 50.8 Å². The zero-order chi connectivity index (χ0) is 10.9. The second-order valence-electron chi connectivity index (χ2n) is 6.29. The Hall–Kier alpha value is 0.440. The van der Waals surface area contributed by atoms with Gasteiger partial charge in [0.25, 0.3) is 0 Å². The number of hydrogen-bond acceptors (Lipinski definition) is 1. The van der Waals surface area contributed by atoms with E-state index in [4.69, 9.17) is 0 Å². The van der Waals surface area contributed by atoms with Crippen molar-refractivity contribution in [3.8, 4) is 0 Å². The minimum Gasteiger partial charge on any atom is -0.302 e. The van der Waals surface area contributed by atoms with Gasteiger partial charge in [0, 0.05) is 17.9 Å². The maximum Gasteiger partial charge on any atom is 0.0163 e. The maximum absolute atomic E-state index is 3.81. The van der Waals surface area contributed by atoms with E-state index in [-0.39, 0.29) is 0 Å². The van der Waals surface area contributed by atoms with Crippen LogP contribution in [0.25, 0.3) is 0 Å². The molecule has 1 saturated heterocycles. The first kappa shape index (κ1) is 11.9. The van der Waals surface area contributed by atoms with E-state index in [1.807, 2.05) is 0 Å². The van der Waals surface area contributed by atoms with Gasteiger partial charge in [-0.3, -0.25) is 0 Å². The van der Waals surface area contributed by atoms with E-state index in [1.54, 1.807) is 0 Å². The molecule has 0 aromatic rings. The predicted octanol–water partition coefficient (Wildman–Crippen LogP) is 3.67. The molecule has 1 aliphatic carbocycles. The summed E-state index contributed by atoms with van der Waals surface area (Å²) in [6.07, 6.45) is 7.09. The Labute approximate surface area is 103 Å². The van der Waals surface area contributed by atoms with Crippen LogP contribution in [0.4, 0.5) is 0 Å². The van der Waals surface area contributed by atoms with Crippen molar-refractivity contribution in [2.75, 3.05) is 19.6 Å². The van der Waals surface area contributed by atoms with Gasteiger partial charge >= 0.3 is 0 Å². The third kappa shape index (κ3) is 3.45. The van der Waals surface area contributed by atoms with Crippen molar-refractivity contribution < 1.29 is 0 Å². The molecule has 0 spiro atoms. The van der Waals surface area contributed by atoms with Crippen LogP contribution in [0.15, 0.2) is 0 Å². The minimum absolute atomic E-state index is 0.494. The van der Waals surface area contributed by atoms with Crippen LogP contribution in [0, 0.1) is 11.3 Å². The molecule has 0 radical (unpaired) electrons. The number of halogens is 1. The highest BCUT2D eigenvalue weighted by atomic mass is 79.9. The molecule has 0 N–H and O–H groups in total. The molecule has 1 heterocycles. The number of likely N-dealkylation sites (tertiary alicyclic amines) is 1. The summed E-state index contributed by atoms with van der Waals surface area (Å²) in [5.74, 6) is 1.02. The summed E-state index contributed by atoms with van der Waals surface area (Å²) in [6.45, 7) is 8.80. The van der Waals surface area contributed by atoms with E-state index in [9.17, 15) is 0 Å². The molecule has 0 bridgehead atoms. The third-order valence-electron chi connectivity index (χ3n) is 3.93. The molecule has 1 aliphatic heterocycles. The first-order chi connectivity index (χ1) is 7.05. The molecule has 88 valence electrons. The lowest BCUT2D eigenvalue weighted by Crippen LogP contribution is -2.37. The zero-order valence-electron chi connectivity index (χ0n) is 10.1. The van der Waals surface area contributed by atoms with Gasteiger partial charge in [-0.2, -0.15) is 0 Å². The second-order valence-corrected chi connectivity index (χ2v) is 7.58. The van der Waals surface area contributed by atoms with Gasteiger partial charge in [0.1, 0.15) is 0 Å². The largest absolute Gasteiger partial charge is 0.302 e. The fraction of sp³-hybridized carbons (Fsp3) is 1.00. The van der Waals surface area contributed by atoms with E-state index in [0.717, 1.165) is 10.7 Å². The molecular formula is C13H24BrN. The summed E-state index contributed by atoms with van der Waals surface area (Å²) < 4.78 is 0. The zero-order valence-corrected chi connectivity index (χ0v) is 11.7. The first-order valence-corrected chi connectivity index (χ1v) is 7.33. The fourth-order valence-corrected chi connectivity index (χ4v) is 4.05. The summed E-state index contributed by atoms with van der Waals surface area (Å²) in [5, 5.41) is 0. The molecule has 0 aromatic carbocycles. The monoisotopic (exact) mass is 273 g/mol. The van der Waals surface area contributed by atoms with Gasteiger partial charge in [0.2, 0.25) is 0 Å². The Kier molecular flexibility index (Phi) is 3.77. The fourth-order valence-electron chi connectivity index (χ4n) is 2.97. The van der Waals surface area contributed by atoms with Crippen LogP contribution in [0.1, 0.15) is 46.0 Å². The molecule has 2 fully saturated rings. The van der Waals surface area contributed by atoms with Crippen molar-refractivity contribution >= 4 is 15.9 Å². The maximum atomic E-state index is 3.81. The van der Waals surface area contributed by atoms with Crippen LogP contribution < -0.4 is 0 Å². The molecule has 1 saturated carbocycles. The van der Waals surface area contributed by atoms with Crippen LogP contribution in [0.3, 0.4) is 0 Å². The minimum atomic E-state index is 0.494. The van der Waals surface area contributed by atoms with Crippen molar-refractivity contribution in [3.05, 3.63) is 0 Å². The Morgan fingerprint density at radius 3 is 2.60 bits per heavy atom. The second kappa shape index (κ2) is 4.75. The normalized spacial score (nSPS) is 33.4. The van der Waals surface area contributed by atoms with Crippen molar-refractivity contribution in [2.24, 2.45) is 11.3 Å². The van der Waals surface area contributed by atoms with Gasteiger partial charge < -0.3 is 4.90 Å². The van der Waals surface area contributed by atoms with Gasteiger partial charge in [-0.15, -0.1) is 0 Å². The number of alkyl halides is 1. The number of hydrogen-bond donors (Lipinski definition) is 0. The lowest BCUT2D eigenvalue weighted by atomic mass is 9.84. The van der Waals surface area contributed by atoms with Crippen LogP contribution >= 0.6 is 15.9 Å². The summed E-state index contributed by atoms with van der Waals surface area (Å²) >= 11 is 3.81. The molecule has 2 rings (SSSR count). The van der Waals surface area contributed by atoms with Crippen LogP contribution in [0.2, 0.25) is 0 Å². The molecule has 15 heavy (non-hydrogen) atoms. The molecule has 1 nitrogen and oxygen atoms in total. The highest BCUT2D eigenvalue weighted by Crippen LogP contribution is 2.34. The third-order valence-corrected chi connectivity index (χ3v) is 4.71. The van der Waals surface area contributed by atoms with Crippen molar-refractivity contribution in [1.82, 2.24) is 4.90 Å². The summed E-state index contributed by atoms with van der Waals surface area (Å²) in [5.41, 5.74) is 0.494. The van der Waals surface area contributed by atoms with Crippen molar-refractivity contribution in [3.63, 3.8) is 0 Å². The van der Waals surface area contributed by atoms with E-state index < -0.39 is 0 Å². The smallest absolute Gasteiger partial charge is 0.0163 e. The topological polar surface area (TPSA) is 3.24 Å². The average molecular weight is 274 g/mol. The molecular weight excluding hydrogens is 250 g/mol. The SMILES string of the molecule is CC1(C)CC(Br)CCN(CC2CCC2)C1. The van der Waals surface area contributed by atoms with Crippen molar-refractivity contribution in [1.29, 1.82) is 0 Å². The summed E-state index contributed by atoms with van der Waals surface area (Å²) in [4.78, 5) is 3.45. The van der Waals surface area contributed by atoms with Gasteiger partial charge in [0.15, 0.2) is 0 Å². The molecule has 0 amide bonds. The number of rotatable bonds is 2. The predicted molar refractivity (Wildman–Crippen MR) is 69.5 cm³/mol. The van der Waals surface area contributed by atoms with Gasteiger partial charge in [-0.05, 0) is 43.6 Å². The first-order valence-electron chi connectivity index (χ1n) is 6.42. The van der Waals surface area contributed by atoms with Crippen LogP contribution in [0.5, 0.6) is 0 Å². The van der Waals surface area contributed by atoms with E-state index in [0.29, 0.717) is 5.41 Å². The van der Waals surface area contributed by atoms with E-state index in [1.165, 1.54) is 51.7 Å². The lowest BCUT2D eigenvalue weighted by molar-refractivity contribution is 0.141. The van der Waals surface area contributed by atoms with Crippen LogP contribution in [-0.4, -0.2) is 29.4 Å². The average Bonchev–Trinajstić information content (AvgIpc) is 2.16. The van der Waals surface area contributed by atoms with Gasteiger partial charge in [-0.25, -0.2) is 0 Å². The Morgan fingerprint density at radius 1 is 1.27 bits per heavy atom. The molecule has 1 unspecified atom stereocenters. The molecule has 0 aromatic heterocycles. The van der Waals surface area contributed by atoms with Gasteiger partial charge in [0.05, 0.1) is 0 Å². The van der Waals surface area contributed by atoms with Crippen LogP contribution in [-0.2, 0) is 0 Å². The Morgan fingerprint density at radius 2 is 2.00 bits per heavy atom. The summed E-state index contributed by atoms with van der Waals surface area (Å²) in [6, 6.07) is 0. The standard InChI is InChI=1S/C13H24BrN/c1-13(2)8-12(14)6-7-15(10-13)9-11-4-3-5-11/h11-12H,3-10H2,1-2H3. The lowest BCUT2D eigenvalue weighted by Gasteiger charge is -2.35. The van der Waals surface area contributed by atoms with E-state index >= 15 is 0 Å². The Balaban J connectivity index is 1.87. The number of nitrogens with zero attached hydrogens (tertiary/aromatic N) is 1. The Bertz CT molecular complexity index is 211.